The number of hydrogen-bond donors (Lipinski definition) is 5. The molecular weight excluding hydrogens is 709 g/mol. The minimum Gasteiger partial charge on any atom is -0.442 e. The number of nitrogens with two attached hydrogens (primary N) is 1. The largest absolute Gasteiger partial charge is 0.442 e. The summed E-state index contributed by atoms with van der Waals surface area (Å²) in [4.78, 5) is 42.3. The van der Waals surface area contributed by atoms with Crippen LogP contribution in [-0.2, 0) is 33.0 Å². The Morgan fingerprint density at radius 2 is 1.31 bits per heavy atom. The van der Waals surface area contributed by atoms with Crippen molar-refractivity contribution in [2.45, 2.75) is 83.3 Å². The molecule has 13 nitrogen and oxygen atoms in total. The van der Waals surface area contributed by atoms with Crippen molar-refractivity contribution in [2.24, 2.45) is 5.73 Å². The lowest BCUT2D eigenvalue weighted by Crippen LogP contribution is -2.43. The molecule has 6 N–H and O–H groups in total. The Balaban J connectivity index is 4.44. The number of carbonyl (C=O) groups excluding carboxylic acids is 2. The van der Waals surface area contributed by atoms with E-state index >= 15 is 0 Å². The van der Waals surface area contributed by atoms with Gasteiger partial charge in [0.1, 0.15) is 6.10 Å². The molecule has 0 aliphatic carbocycles. The molecule has 0 saturated heterocycles. The van der Waals surface area contributed by atoms with E-state index in [2.05, 4.69) is 71.0 Å². The molecular formula is C37H56N3O10PS. The third-order valence-electron chi connectivity index (χ3n) is 6.65. The molecule has 0 unspecified atom stereocenters. The summed E-state index contributed by atoms with van der Waals surface area (Å²) in [6.45, 7) is 4.53. The maximum absolute atomic E-state index is 12.4. The maximum Gasteiger partial charge on any atom is 0.419 e. The highest BCUT2D eigenvalue weighted by Gasteiger charge is 2.18. The molecule has 0 radical (unpaired) electrons. The predicted molar refractivity (Wildman–Crippen MR) is 204 cm³/mol. The van der Waals surface area contributed by atoms with Gasteiger partial charge < -0.3 is 44.5 Å². The molecule has 0 rings (SSSR count). The van der Waals surface area contributed by atoms with Gasteiger partial charge in [-0.25, -0.2) is 10.1 Å². The third-order valence-corrected chi connectivity index (χ3v) is 8.62. The molecule has 0 spiro atoms. The number of ether oxygens (including phenoxy) is 5. The fourth-order valence-electron chi connectivity index (χ4n) is 4.01. The van der Waals surface area contributed by atoms with Crippen molar-refractivity contribution in [1.82, 2.24) is 10.6 Å². The number of hydrogen-bond acceptors (Lipinski definition) is 10. The third kappa shape index (κ3) is 36.6. The summed E-state index contributed by atoms with van der Waals surface area (Å²) in [6, 6.07) is 1.61. The molecule has 15 heteroatoms. The van der Waals surface area contributed by atoms with E-state index in [9.17, 15) is 14.2 Å². The summed E-state index contributed by atoms with van der Waals surface area (Å²) in [5.74, 6) is 19.4. The second-order valence-electron chi connectivity index (χ2n) is 11.2. The molecule has 0 fully saturated rings. The second kappa shape index (κ2) is 36.2. The van der Waals surface area contributed by atoms with Crippen molar-refractivity contribution in [3.8, 4) is 59.8 Å². The van der Waals surface area contributed by atoms with E-state index in [4.69, 9.17) is 45.6 Å². The van der Waals surface area contributed by atoms with Crippen LogP contribution in [0.2, 0.25) is 0 Å². The van der Waals surface area contributed by atoms with Gasteiger partial charge in [0.25, 0.3) is 0 Å². The van der Waals surface area contributed by atoms with Crippen LogP contribution in [0.3, 0.4) is 0 Å². The molecule has 0 aliphatic heterocycles. The zero-order valence-electron chi connectivity index (χ0n) is 30.4. The van der Waals surface area contributed by atoms with Crippen molar-refractivity contribution in [2.75, 3.05) is 77.1 Å². The number of alkyl carbamates (subject to hydrolysis) is 1. The highest BCUT2D eigenvalue weighted by Crippen LogP contribution is 2.33. The van der Waals surface area contributed by atoms with E-state index in [1.807, 2.05) is 0 Å². The van der Waals surface area contributed by atoms with Crippen LogP contribution in [0.5, 0.6) is 0 Å². The first kappa shape index (κ1) is 48.8. The lowest BCUT2D eigenvalue weighted by atomic mass is 10.1. The van der Waals surface area contributed by atoms with Gasteiger partial charge in [-0.2, -0.15) is 11.8 Å². The average molecular weight is 766 g/mol. The monoisotopic (exact) mass is 765 g/mol. The quantitative estimate of drug-likeness (QED) is 0.0301. The molecule has 0 saturated carbocycles. The zero-order chi connectivity index (χ0) is 38.4. The SMILES string of the molecule is C#CC#CC#CC#CC#CNC(=O)O[C@H](COCCCCCCCCCCCC)CSC[C@H](N)C(=O)NCCOCCOCCOCCP(=O)(O)O. The Kier molecular flexibility index (Phi) is 34.0. The van der Waals surface area contributed by atoms with Crippen LogP contribution >= 0.6 is 19.4 Å². The van der Waals surface area contributed by atoms with Gasteiger partial charge in [-0.1, -0.05) is 64.7 Å². The lowest BCUT2D eigenvalue weighted by Gasteiger charge is -2.18. The first-order valence-corrected chi connectivity index (χ1v) is 20.5. The summed E-state index contributed by atoms with van der Waals surface area (Å²) >= 11 is 1.36. The van der Waals surface area contributed by atoms with Gasteiger partial charge in [-0.3, -0.25) is 9.36 Å². The van der Waals surface area contributed by atoms with E-state index in [0.29, 0.717) is 31.3 Å². The molecule has 0 aromatic carbocycles. The smallest absolute Gasteiger partial charge is 0.419 e. The summed E-state index contributed by atoms with van der Waals surface area (Å²) in [5, 5.41) is 5.04. The number of thioether (sulfide) groups is 1. The number of terminal acetylenes is 1. The lowest BCUT2D eigenvalue weighted by molar-refractivity contribution is -0.122. The van der Waals surface area contributed by atoms with Gasteiger partial charge in [0, 0.05) is 54.4 Å². The number of nitrogens with one attached hydrogen (secondary N) is 2. The van der Waals surface area contributed by atoms with Gasteiger partial charge >= 0.3 is 13.7 Å². The fraction of sp³-hybridized carbons (Fsp3) is 0.676. The number of unbranched alkanes of at least 4 members (excludes halogenated alkanes) is 9. The first-order valence-electron chi connectivity index (χ1n) is 17.6. The minimum absolute atomic E-state index is 0.0416. The van der Waals surface area contributed by atoms with E-state index in [1.54, 1.807) is 0 Å². The summed E-state index contributed by atoms with van der Waals surface area (Å²) in [7, 11) is -4.05. The van der Waals surface area contributed by atoms with E-state index in [-0.39, 0.29) is 51.6 Å². The standard InChI is InChI=1S/C37H56N3O10PS/c1-3-5-7-9-11-13-14-16-18-20-23-49-31-34(50-37(42)40-21-19-17-15-12-10-8-6-4-2)32-52-33-35(38)36(41)39-22-24-46-25-26-47-27-28-48-29-30-51(43,44)45/h2,34-35H,3,5,7,9,11,13-14,16,18,20,22-33,38H2,1H3,(H,39,41)(H,40,42)(H2,43,44,45)/t34-,35+/m1/s1. The van der Waals surface area contributed by atoms with Crippen molar-refractivity contribution in [3.63, 3.8) is 0 Å². The van der Waals surface area contributed by atoms with Crippen LogP contribution in [0.15, 0.2) is 0 Å². The van der Waals surface area contributed by atoms with Crippen molar-refractivity contribution in [1.29, 1.82) is 0 Å². The molecule has 0 bridgehead atoms. The fourth-order valence-corrected chi connectivity index (χ4v) is 5.35. The Bertz CT molecular complexity index is 1310. The molecule has 0 heterocycles. The van der Waals surface area contributed by atoms with E-state index < -0.39 is 25.8 Å². The summed E-state index contributed by atoms with van der Waals surface area (Å²) < 4.78 is 37.9. The molecule has 2 atom stereocenters. The van der Waals surface area contributed by atoms with Crippen LogP contribution in [-0.4, -0.2) is 111 Å². The van der Waals surface area contributed by atoms with Gasteiger partial charge in [-0.05, 0) is 30.1 Å². The minimum atomic E-state index is -4.05. The predicted octanol–water partition coefficient (Wildman–Crippen LogP) is 3.03. The average Bonchev–Trinajstić information content (AvgIpc) is 3.11. The Labute approximate surface area is 314 Å². The molecule has 52 heavy (non-hydrogen) atoms. The second-order valence-corrected chi connectivity index (χ2v) is 14.1. The number of amides is 2. The van der Waals surface area contributed by atoms with Gasteiger partial charge in [0.2, 0.25) is 5.91 Å². The molecule has 290 valence electrons. The summed E-state index contributed by atoms with van der Waals surface area (Å²) in [5.41, 5.74) is 6.06. The molecule has 2 amide bonds. The zero-order valence-corrected chi connectivity index (χ0v) is 32.1. The topological polar surface area (TPSA) is 188 Å². The Morgan fingerprint density at radius 3 is 1.92 bits per heavy atom. The van der Waals surface area contributed by atoms with Crippen LogP contribution in [0.25, 0.3) is 0 Å². The van der Waals surface area contributed by atoms with Crippen LogP contribution < -0.4 is 16.4 Å². The normalized spacial score (nSPS) is 11.4. The highest BCUT2D eigenvalue weighted by molar-refractivity contribution is 7.99. The first-order chi connectivity index (χ1) is 25.2. The molecule has 0 aromatic heterocycles. The van der Waals surface area contributed by atoms with Gasteiger partial charge in [0.15, 0.2) is 0 Å². The summed E-state index contributed by atoms with van der Waals surface area (Å²) in [6.07, 6.45) is 15.5. The van der Waals surface area contributed by atoms with Crippen molar-refractivity contribution < 1.29 is 47.6 Å². The molecule has 0 aromatic rings. The van der Waals surface area contributed by atoms with Gasteiger partial charge in [0.05, 0.1) is 58.5 Å². The van der Waals surface area contributed by atoms with Crippen LogP contribution in [0, 0.1) is 59.8 Å². The Hall–Kier alpha value is -3.16. The maximum atomic E-state index is 12.4. The Morgan fingerprint density at radius 1 is 0.750 bits per heavy atom. The molecule has 0 aliphatic rings. The number of rotatable bonds is 31. The van der Waals surface area contributed by atoms with Gasteiger partial charge in [-0.15, -0.1) is 6.42 Å². The van der Waals surface area contributed by atoms with Crippen LogP contribution in [0.1, 0.15) is 71.1 Å². The van der Waals surface area contributed by atoms with E-state index in [0.717, 1.165) is 12.8 Å². The number of carbonyl (C=O) groups is 2. The van der Waals surface area contributed by atoms with E-state index in [1.165, 1.54) is 63.1 Å². The van der Waals surface area contributed by atoms with Crippen molar-refractivity contribution >= 4 is 31.4 Å². The van der Waals surface area contributed by atoms with Crippen LogP contribution in [0.4, 0.5) is 4.79 Å². The van der Waals surface area contributed by atoms with Crippen molar-refractivity contribution in [3.05, 3.63) is 0 Å². The highest BCUT2D eigenvalue weighted by atomic mass is 32.2.